The zero-order valence-electron chi connectivity index (χ0n) is 14.2. The summed E-state index contributed by atoms with van der Waals surface area (Å²) in [6.45, 7) is 5.73. The third kappa shape index (κ3) is 4.61. The fraction of sp³-hybridized carbons (Fsp3) is 0.625. The molecule has 0 aliphatic heterocycles. The van der Waals surface area contributed by atoms with Gasteiger partial charge in [-0.25, -0.2) is 4.39 Å². The van der Waals surface area contributed by atoms with E-state index in [4.69, 9.17) is 5.26 Å². The Labute approximate surface area is 141 Å². The van der Waals surface area contributed by atoms with E-state index in [9.17, 15) is 9.50 Å². The molecule has 24 heavy (non-hydrogen) atoms. The van der Waals surface area contributed by atoms with Gasteiger partial charge in [-0.1, -0.05) is 0 Å². The summed E-state index contributed by atoms with van der Waals surface area (Å²) in [5.41, 5.74) is 0.318. The van der Waals surface area contributed by atoms with E-state index in [2.05, 4.69) is 31.7 Å². The summed E-state index contributed by atoms with van der Waals surface area (Å²) in [4.78, 5) is 12.8. The molecule has 0 saturated carbocycles. The van der Waals surface area contributed by atoms with Crippen LogP contribution < -0.4 is 10.6 Å². The van der Waals surface area contributed by atoms with Crippen molar-refractivity contribution in [2.75, 3.05) is 10.6 Å². The second kappa shape index (κ2) is 8.02. The minimum Gasteiger partial charge on any atom is -0.386 e. The lowest BCUT2D eigenvalue weighted by atomic mass is 9.96. The summed E-state index contributed by atoms with van der Waals surface area (Å²) in [7, 11) is 0. The molecule has 0 radical (unpaired) electrons. The summed E-state index contributed by atoms with van der Waals surface area (Å²) in [6.07, 6.45) is 0.754. The van der Waals surface area contributed by atoms with Gasteiger partial charge in [0, 0.05) is 17.7 Å². The van der Waals surface area contributed by atoms with Gasteiger partial charge in [0.15, 0.2) is 5.82 Å². The molecule has 3 N–H and O–H groups in total. The Morgan fingerprint density at radius 1 is 1.25 bits per heavy atom. The molecule has 1 aliphatic carbocycles. The quantitative estimate of drug-likeness (QED) is 0.734. The minimum absolute atomic E-state index is 0.0976. The fourth-order valence-corrected chi connectivity index (χ4v) is 2.44. The van der Waals surface area contributed by atoms with Gasteiger partial charge in [-0.3, -0.25) is 0 Å². The van der Waals surface area contributed by atoms with Crippen LogP contribution >= 0.6 is 0 Å². The molecule has 2 unspecified atom stereocenters. The van der Waals surface area contributed by atoms with Gasteiger partial charge >= 0.3 is 0 Å². The smallest absolute Gasteiger partial charge is 0.228 e. The summed E-state index contributed by atoms with van der Waals surface area (Å²) < 4.78 is 14.3. The summed E-state index contributed by atoms with van der Waals surface area (Å²) in [6, 6.07) is 2.03. The standard InChI is InChI=1S/C16H23FN6O/c1-9(2)19-15-21-14(11-5-4-6-12(24)13(11)17)22-16(23-15)20-10(3)7-8-18/h9-10,12,24H,4-7H2,1-3H3,(H2,19,20,21,22,23). The fourth-order valence-electron chi connectivity index (χ4n) is 2.44. The predicted octanol–water partition coefficient (Wildman–Crippen LogP) is 2.63. The highest BCUT2D eigenvalue weighted by Crippen LogP contribution is 2.32. The minimum atomic E-state index is -1.10. The highest BCUT2D eigenvalue weighted by molar-refractivity contribution is 5.65. The lowest BCUT2D eigenvalue weighted by Gasteiger charge is -2.20. The number of hydrogen-bond acceptors (Lipinski definition) is 7. The molecule has 2 rings (SSSR count). The maximum atomic E-state index is 14.3. The van der Waals surface area contributed by atoms with Crippen LogP contribution in [0, 0.1) is 11.3 Å². The Kier molecular flexibility index (Phi) is 6.04. The largest absolute Gasteiger partial charge is 0.386 e. The van der Waals surface area contributed by atoms with Crippen LogP contribution in [0.4, 0.5) is 16.3 Å². The number of anilines is 2. The molecular weight excluding hydrogens is 311 g/mol. The Morgan fingerprint density at radius 2 is 1.92 bits per heavy atom. The van der Waals surface area contributed by atoms with Crippen LogP contribution in [0.2, 0.25) is 0 Å². The van der Waals surface area contributed by atoms with Crippen LogP contribution in [0.25, 0.3) is 5.57 Å². The monoisotopic (exact) mass is 334 g/mol. The predicted molar refractivity (Wildman–Crippen MR) is 89.8 cm³/mol. The van der Waals surface area contributed by atoms with Gasteiger partial charge in [-0.15, -0.1) is 0 Å². The normalized spacial score (nSPS) is 19.1. The van der Waals surface area contributed by atoms with Crippen molar-refractivity contribution >= 4 is 17.5 Å². The van der Waals surface area contributed by atoms with E-state index in [0.717, 1.165) is 0 Å². The van der Waals surface area contributed by atoms with Crippen molar-refractivity contribution in [3.63, 3.8) is 0 Å². The molecule has 0 spiro atoms. The topological polar surface area (TPSA) is 107 Å². The van der Waals surface area contributed by atoms with Crippen LogP contribution in [0.5, 0.6) is 0 Å². The Balaban J connectivity index is 2.39. The van der Waals surface area contributed by atoms with Crippen LogP contribution in [0.15, 0.2) is 5.83 Å². The van der Waals surface area contributed by atoms with Gasteiger partial charge in [0.05, 0.1) is 12.5 Å². The molecule has 0 fully saturated rings. The van der Waals surface area contributed by atoms with E-state index in [-0.39, 0.29) is 23.9 Å². The number of hydrogen-bond donors (Lipinski definition) is 3. The van der Waals surface area contributed by atoms with E-state index in [1.807, 2.05) is 20.8 Å². The molecular formula is C16H23FN6O. The second-order valence-electron chi connectivity index (χ2n) is 6.25. The van der Waals surface area contributed by atoms with Gasteiger partial charge in [0.2, 0.25) is 11.9 Å². The number of nitrogens with zero attached hydrogens (tertiary/aromatic N) is 4. The number of aliphatic hydroxyl groups is 1. The maximum Gasteiger partial charge on any atom is 0.228 e. The average Bonchev–Trinajstić information content (AvgIpc) is 2.49. The molecule has 1 aromatic heterocycles. The van der Waals surface area contributed by atoms with Gasteiger partial charge in [0.1, 0.15) is 11.9 Å². The lowest BCUT2D eigenvalue weighted by molar-refractivity contribution is 0.165. The molecule has 0 amide bonds. The lowest BCUT2D eigenvalue weighted by Crippen LogP contribution is -2.21. The molecule has 8 heteroatoms. The molecule has 1 heterocycles. The van der Waals surface area contributed by atoms with Crippen molar-refractivity contribution in [3.05, 3.63) is 11.7 Å². The van der Waals surface area contributed by atoms with Gasteiger partial charge in [0.25, 0.3) is 0 Å². The molecule has 0 saturated heterocycles. The second-order valence-corrected chi connectivity index (χ2v) is 6.25. The number of halogens is 1. The molecule has 7 nitrogen and oxygen atoms in total. The van der Waals surface area contributed by atoms with Gasteiger partial charge < -0.3 is 15.7 Å². The number of aromatic nitrogens is 3. The average molecular weight is 334 g/mol. The van der Waals surface area contributed by atoms with E-state index in [0.29, 0.717) is 37.2 Å². The molecule has 0 aromatic carbocycles. The van der Waals surface area contributed by atoms with Crippen molar-refractivity contribution in [1.29, 1.82) is 5.26 Å². The van der Waals surface area contributed by atoms with Crippen LogP contribution in [0.1, 0.15) is 52.3 Å². The third-order valence-corrected chi connectivity index (χ3v) is 3.58. The molecule has 130 valence electrons. The zero-order valence-corrected chi connectivity index (χ0v) is 14.2. The van der Waals surface area contributed by atoms with E-state index >= 15 is 0 Å². The number of allylic oxidation sites excluding steroid dienone is 1. The molecule has 1 aromatic rings. The van der Waals surface area contributed by atoms with Crippen molar-refractivity contribution in [1.82, 2.24) is 15.0 Å². The number of nitriles is 1. The van der Waals surface area contributed by atoms with Crippen molar-refractivity contribution in [3.8, 4) is 6.07 Å². The van der Waals surface area contributed by atoms with Crippen LogP contribution in [-0.4, -0.2) is 38.2 Å². The SMILES string of the molecule is CC(C)Nc1nc(NC(C)CC#N)nc(C2=C(F)C(O)CCC2)n1. The third-order valence-electron chi connectivity index (χ3n) is 3.58. The summed E-state index contributed by atoms with van der Waals surface area (Å²) in [5, 5.41) is 24.6. The van der Waals surface area contributed by atoms with Gasteiger partial charge in [-0.2, -0.15) is 20.2 Å². The first-order chi connectivity index (χ1) is 11.4. The Bertz CT molecular complexity index is 654. The summed E-state index contributed by atoms with van der Waals surface area (Å²) in [5.74, 6) is 0.267. The molecule has 0 bridgehead atoms. The first-order valence-corrected chi connectivity index (χ1v) is 8.13. The molecule has 2 atom stereocenters. The summed E-state index contributed by atoms with van der Waals surface area (Å²) >= 11 is 0. The zero-order chi connectivity index (χ0) is 17.7. The van der Waals surface area contributed by atoms with E-state index in [1.54, 1.807) is 0 Å². The van der Waals surface area contributed by atoms with Crippen LogP contribution in [-0.2, 0) is 0 Å². The number of aliphatic hydroxyl groups excluding tert-OH is 1. The highest BCUT2D eigenvalue weighted by Gasteiger charge is 2.25. The van der Waals surface area contributed by atoms with Crippen molar-refractivity contribution < 1.29 is 9.50 Å². The first kappa shape index (κ1) is 18.1. The van der Waals surface area contributed by atoms with Crippen molar-refractivity contribution in [2.45, 2.75) is 64.6 Å². The van der Waals surface area contributed by atoms with Crippen LogP contribution in [0.3, 0.4) is 0 Å². The first-order valence-electron chi connectivity index (χ1n) is 8.13. The van der Waals surface area contributed by atoms with Gasteiger partial charge in [-0.05, 0) is 40.0 Å². The Hall–Kier alpha value is -2.27. The van der Waals surface area contributed by atoms with Crippen molar-refractivity contribution in [2.24, 2.45) is 0 Å². The number of rotatable bonds is 6. The highest BCUT2D eigenvalue weighted by atomic mass is 19.1. The Morgan fingerprint density at radius 3 is 2.54 bits per heavy atom. The maximum absolute atomic E-state index is 14.3. The van der Waals surface area contributed by atoms with E-state index < -0.39 is 11.9 Å². The number of nitrogens with one attached hydrogen (secondary N) is 2. The van der Waals surface area contributed by atoms with E-state index in [1.165, 1.54) is 0 Å². The molecule has 1 aliphatic rings.